The van der Waals surface area contributed by atoms with Gasteiger partial charge in [-0.1, -0.05) is 114 Å². The molecule has 0 aliphatic carbocycles. The Morgan fingerprint density at radius 2 is 1.54 bits per heavy atom. The molecule has 0 spiro atoms. The number of nitro benzene ring substituents is 1. The van der Waals surface area contributed by atoms with E-state index in [1.54, 1.807) is 0 Å². The van der Waals surface area contributed by atoms with Gasteiger partial charge in [-0.15, -0.1) is 0 Å². The van der Waals surface area contributed by atoms with Gasteiger partial charge in [0.05, 0.1) is 16.9 Å². The van der Waals surface area contributed by atoms with Gasteiger partial charge in [0.1, 0.15) is 0 Å². The van der Waals surface area contributed by atoms with Crippen molar-refractivity contribution >= 4 is 63.5 Å². The summed E-state index contributed by atoms with van der Waals surface area (Å²) in [5.41, 5.74) is 1.31. The highest BCUT2D eigenvalue weighted by atomic mass is 35.6. The predicted molar refractivity (Wildman–Crippen MR) is 141 cm³/mol. The van der Waals surface area contributed by atoms with Gasteiger partial charge < -0.3 is 5.32 Å². The number of rotatable bonds is 9. The SMILES string of the molecule is O=C(NC(CC(=S)Cc1ccc(F)c([N+](=O)[O-])c1)C(Cl)(Cl)Cl)C(c1ccccc1)c1ccccc1. The van der Waals surface area contributed by atoms with Crippen molar-refractivity contribution in [2.45, 2.75) is 28.6 Å². The monoisotopic (exact) mass is 552 g/mol. The molecule has 0 radical (unpaired) electrons. The Labute approximate surface area is 222 Å². The molecule has 35 heavy (non-hydrogen) atoms. The van der Waals surface area contributed by atoms with E-state index in [1.807, 2.05) is 60.7 Å². The highest BCUT2D eigenvalue weighted by Crippen LogP contribution is 2.34. The first-order valence-corrected chi connectivity index (χ1v) is 12.0. The standard InChI is InChI=1S/C25H20Cl3FN2O3S/c26-25(27,28)22(15-19(35)13-16-11-12-20(29)21(14-16)31(33)34)30-24(32)23(17-7-3-1-4-8-17)18-9-5-2-6-10-18/h1-12,14,22-23H,13,15H2,(H,30,32). The van der Waals surface area contributed by atoms with Crippen molar-refractivity contribution in [1.29, 1.82) is 0 Å². The number of benzene rings is 3. The molecule has 0 saturated heterocycles. The maximum Gasteiger partial charge on any atom is 0.305 e. The van der Waals surface area contributed by atoms with Crippen LogP contribution in [0.5, 0.6) is 0 Å². The number of alkyl halides is 3. The van der Waals surface area contributed by atoms with Gasteiger partial charge in [-0.2, -0.15) is 4.39 Å². The lowest BCUT2D eigenvalue weighted by atomic mass is 9.90. The van der Waals surface area contributed by atoms with Crippen molar-refractivity contribution in [2.75, 3.05) is 0 Å². The highest BCUT2D eigenvalue weighted by molar-refractivity contribution is 7.80. The van der Waals surface area contributed by atoms with Gasteiger partial charge in [-0.3, -0.25) is 14.9 Å². The molecule has 0 fully saturated rings. The van der Waals surface area contributed by atoms with E-state index < -0.39 is 32.2 Å². The molecule has 5 nitrogen and oxygen atoms in total. The number of amides is 1. The lowest BCUT2D eigenvalue weighted by Crippen LogP contribution is -2.47. The second-order valence-electron chi connectivity index (χ2n) is 7.82. The summed E-state index contributed by atoms with van der Waals surface area (Å²) in [6.07, 6.45) is 0.115. The fourth-order valence-corrected chi connectivity index (χ4v) is 4.35. The number of hydrogen-bond acceptors (Lipinski definition) is 4. The van der Waals surface area contributed by atoms with Crippen molar-refractivity contribution in [3.8, 4) is 0 Å². The van der Waals surface area contributed by atoms with Crippen LogP contribution in [0.4, 0.5) is 10.1 Å². The van der Waals surface area contributed by atoms with Crippen LogP contribution in [-0.2, 0) is 11.2 Å². The number of nitrogens with one attached hydrogen (secondary N) is 1. The van der Waals surface area contributed by atoms with Crippen molar-refractivity contribution in [2.24, 2.45) is 0 Å². The molecule has 0 aliphatic heterocycles. The van der Waals surface area contributed by atoms with Gasteiger partial charge in [0.2, 0.25) is 15.5 Å². The Bertz CT molecular complexity index is 1170. The average molecular weight is 554 g/mol. The van der Waals surface area contributed by atoms with Crippen LogP contribution in [0.2, 0.25) is 0 Å². The van der Waals surface area contributed by atoms with Crippen LogP contribution in [0.3, 0.4) is 0 Å². The minimum atomic E-state index is -1.88. The summed E-state index contributed by atoms with van der Waals surface area (Å²) in [4.78, 5) is 24.0. The summed E-state index contributed by atoms with van der Waals surface area (Å²) in [7, 11) is 0. The maximum absolute atomic E-state index is 13.6. The van der Waals surface area contributed by atoms with Crippen molar-refractivity contribution < 1.29 is 14.1 Å². The Balaban J connectivity index is 1.80. The molecular formula is C25H20Cl3FN2O3S. The summed E-state index contributed by atoms with van der Waals surface area (Å²) in [6.45, 7) is 0. The smallest absolute Gasteiger partial charge is 0.305 e. The van der Waals surface area contributed by atoms with Crippen LogP contribution in [0.15, 0.2) is 78.9 Å². The molecule has 0 aliphatic rings. The van der Waals surface area contributed by atoms with Gasteiger partial charge in [-0.25, -0.2) is 0 Å². The Morgan fingerprint density at radius 3 is 2.03 bits per heavy atom. The zero-order valence-corrected chi connectivity index (χ0v) is 21.3. The fraction of sp³-hybridized carbons (Fsp3) is 0.200. The molecule has 10 heteroatoms. The van der Waals surface area contributed by atoms with Gasteiger partial charge >= 0.3 is 5.69 Å². The van der Waals surface area contributed by atoms with Crippen LogP contribution in [0, 0.1) is 15.9 Å². The van der Waals surface area contributed by atoms with E-state index in [9.17, 15) is 19.3 Å². The summed E-state index contributed by atoms with van der Waals surface area (Å²) in [5.74, 6) is -1.97. The second kappa shape index (κ2) is 11.9. The average Bonchev–Trinajstić information content (AvgIpc) is 2.80. The zero-order chi connectivity index (χ0) is 25.6. The van der Waals surface area contributed by atoms with Crippen LogP contribution >= 0.6 is 47.0 Å². The molecule has 3 rings (SSSR count). The number of halogens is 4. The van der Waals surface area contributed by atoms with Gasteiger partial charge in [0, 0.05) is 18.9 Å². The minimum absolute atomic E-state index is 0.0129. The van der Waals surface area contributed by atoms with E-state index >= 15 is 0 Å². The summed E-state index contributed by atoms with van der Waals surface area (Å²) < 4.78 is 11.8. The van der Waals surface area contributed by atoms with E-state index in [-0.39, 0.29) is 18.7 Å². The van der Waals surface area contributed by atoms with Crippen LogP contribution < -0.4 is 5.32 Å². The molecule has 182 valence electrons. The molecule has 0 heterocycles. The Morgan fingerprint density at radius 1 is 1.00 bits per heavy atom. The maximum atomic E-state index is 13.6. The number of carbonyl (C=O) groups is 1. The molecule has 3 aromatic rings. The minimum Gasteiger partial charge on any atom is -0.348 e. The molecular weight excluding hydrogens is 534 g/mol. The Kier molecular flexibility index (Phi) is 9.19. The van der Waals surface area contributed by atoms with Crippen molar-refractivity contribution in [3.63, 3.8) is 0 Å². The topological polar surface area (TPSA) is 72.2 Å². The number of nitrogens with zero attached hydrogens (tertiary/aromatic N) is 1. The number of thiocarbonyl (C=S) groups is 1. The molecule has 1 amide bonds. The lowest BCUT2D eigenvalue weighted by Gasteiger charge is -2.28. The molecule has 0 aromatic heterocycles. The number of nitro groups is 1. The molecule has 1 atom stereocenters. The van der Waals surface area contributed by atoms with Crippen molar-refractivity contribution in [1.82, 2.24) is 5.32 Å². The number of carbonyl (C=O) groups excluding carboxylic acids is 1. The quantitative estimate of drug-likeness (QED) is 0.138. The molecule has 1 unspecified atom stereocenters. The largest absolute Gasteiger partial charge is 0.348 e. The third kappa shape index (κ3) is 7.45. The summed E-state index contributed by atoms with van der Waals surface area (Å²) in [5, 5.41) is 13.8. The highest BCUT2D eigenvalue weighted by Gasteiger charge is 2.36. The summed E-state index contributed by atoms with van der Waals surface area (Å²) >= 11 is 24.0. The first-order chi connectivity index (χ1) is 16.6. The first kappa shape index (κ1) is 27.0. The second-order valence-corrected chi connectivity index (χ2v) is 10.8. The van der Waals surface area contributed by atoms with Gasteiger partial charge in [-0.05, 0) is 27.6 Å². The van der Waals surface area contributed by atoms with E-state index in [4.69, 9.17) is 47.0 Å². The van der Waals surface area contributed by atoms with E-state index in [0.29, 0.717) is 10.4 Å². The van der Waals surface area contributed by atoms with Gasteiger partial charge in [0.25, 0.3) is 0 Å². The van der Waals surface area contributed by atoms with Crippen molar-refractivity contribution in [3.05, 3.63) is 111 Å². The predicted octanol–water partition coefficient (Wildman–Crippen LogP) is 6.72. The van der Waals surface area contributed by atoms with Crippen LogP contribution in [-0.4, -0.2) is 25.5 Å². The third-order valence-corrected chi connectivity index (χ3v) is 6.38. The third-order valence-electron chi connectivity index (χ3n) is 5.28. The molecule has 0 bridgehead atoms. The van der Waals surface area contributed by atoms with Crippen LogP contribution in [0.1, 0.15) is 29.0 Å². The van der Waals surface area contributed by atoms with E-state index in [0.717, 1.165) is 23.3 Å². The summed E-state index contributed by atoms with van der Waals surface area (Å²) in [6, 6.07) is 21.0. The van der Waals surface area contributed by atoms with E-state index in [1.165, 1.54) is 6.07 Å². The van der Waals surface area contributed by atoms with E-state index in [2.05, 4.69) is 5.32 Å². The number of hydrogen-bond donors (Lipinski definition) is 1. The van der Waals surface area contributed by atoms with Crippen LogP contribution in [0.25, 0.3) is 0 Å². The Hall–Kier alpha value is -2.58. The molecule has 0 saturated carbocycles. The fourth-order valence-electron chi connectivity index (χ4n) is 3.63. The zero-order valence-electron chi connectivity index (χ0n) is 18.2. The van der Waals surface area contributed by atoms with Gasteiger partial charge in [0.15, 0.2) is 0 Å². The molecule has 1 N–H and O–H groups in total. The normalized spacial score (nSPS) is 12.3. The lowest BCUT2D eigenvalue weighted by molar-refractivity contribution is -0.387. The first-order valence-electron chi connectivity index (χ1n) is 10.5. The molecule has 3 aromatic carbocycles.